The standard InChI is InChI=1S/C10H15NO3/c1-7(11-12)9-6-8(13-2)4-5-10(9)14-3/h4-7,11-12H,1-3H3. The SMILES string of the molecule is COc1ccc(OC)c(C(C)NO)c1. The molecule has 0 aliphatic carbocycles. The second-order valence-electron chi connectivity index (χ2n) is 2.96. The number of hydrogen-bond donors (Lipinski definition) is 2. The maximum atomic E-state index is 8.83. The predicted octanol–water partition coefficient (Wildman–Crippen LogP) is 1.74. The number of hydroxylamine groups is 1. The number of hydrogen-bond acceptors (Lipinski definition) is 4. The zero-order valence-corrected chi connectivity index (χ0v) is 8.57. The summed E-state index contributed by atoms with van der Waals surface area (Å²) in [5, 5.41) is 8.83. The van der Waals surface area contributed by atoms with Gasteiger partial charge in [0.1, 0.15) is 11.5 Å². The van der Waals surface area contributed by atoms with Gasteiger partial charge in [-0.2, -0.15) is 5.48 Å². The zero-order chi connectivity index (χ0) is 10.6. The van der Waals surface area contributed by atoms with E-state index >= 15 is 0 Å². The minimum Gasteiger partial charge on any atom is -0.497 e. The molecule has 0 heterocycles. The Hall–Kier alpha value is -1.26. The van der Waals surface area contributed by atoms with E-state index in [-0.39, 0.29) is 6.04 Å². The van der Waals surface area contributed by atoms with Crippen molar-refractivity contribution in [2.45, 2.75) is 13.0 Å². The molecular weight excluding hydrogens is 182 g/mol. The van der Waals surface area contributed by atoms with Crippen LogP contribution in [0.3, 0.4) is 0 Å². The summed E-state index contributed by atoms with van der Waals surface area (Å²) in [4.78, 5) is 0. The van der Waals surface area contributed by atoms with Crippen molar-refractivity contribution in [3.05, 3.63) is 23.8 Å². The minimum atomic E-state index is -0.194. The molecule has 0 aliphatic rings. The van der Waals surface area contributed by atoms with E-state index in [2.05, 4.69) is 5.48 Å². The van der Waals surface area contributed by atoms with Crippen LogP contribution in [0.4, 0.5) is 0 Å². The molecule has 1 unspecified atom stereocenters. The van der Waals surface area contributed by atoms with Crippen molar-refractivity contribution >= 4 is 0 Å². The van der Waals surface area contributed by atoms with Gasteiger partial charge in [0.2, 0.25) is 0 Å². The molecule has 0 fully saturated rings. The lowest BCUT2D eigenvalue weighted by Gasteiger charge is -2.14. The van der Waals surface area contributed by atoms with E-state index in [4.69, 9.17) is 14.7 Å². The molecular formula is C10H15NO3. The Morgan fingerprint density at radius 2 is 2.00 bits per heavy atom. The third kappa shape index (κ3) is 2.16. The molecule has 0 bridgehead atoms. The van der Waals surface area contributed by atoms with E-state index in [1.807, 2.05) is 25.1 Å². The highest BCUT2D eigenvalue weighted by Crippen LogP contribution is 2.28. The van der Waals surface area contributed by atoms with Gasteiger partial charge in [-0.1, -0.05) is 0 Å². The molecule has 1 atom stereocenters. The first kappa shape index (κ1) is 10.8. The summed E-state index contributed by atoms with van der Waals surface area (Å²) < 4.78 is 10.2. The largest absolute Gasteiger partial charge is 0.497 e. The fourth-order valence-corrected chi connectivity index (χ4v) is 1.25. The smallest absolute Gasteiger partial charge is 0.123 e. The topological polar surface area (TPSA) is 50.7 Å². The van der Waals surface area contributed by atoms with Crippen LogP contribution in [-0.2, 0) is 0 Å². The van der Waals surface area contributed by atoms with Crippen LogP contribution >= 0.6 is 0 Å². The monoisotopic (exact) mass is 197 g/mol. The molecule has 1 aromatic rings. The van der Waals surface area contributed by atoms with Gasteiger partial charge in [0.25, 0.3) is 0 Å². The van der Waals surface area contributed by atoms with Gasteiger partial charge in [-0.15, -0.1) is 0 Å². The first-order chi connectivity index (χ1) is 6.72. The zero-order valence-electron chi connectivity index (χ0n) is 8.57. The minimum absolute atomic E-state index is 0.194. The van der Waals surface area contributed by atoms with Crippen molar-refractivity contribution < 1.29 is 14.7 Å². The molecule has 1 aromatic carbocycles. The molecule has 14 heavy (non-hydrogen) atoms. The van der Waals surface area contributed by atoms with Crippen molar-refractivity contribution in [1.29, 1.82) is 0 Å². The summed E-state index contributed by atoms with van der Waals surface area (Å²) in [5.41, 5.74) is 3.03. The van der Waals surface area contributed by atoms with Crippen LogP contribution in [0.2, 0.25) is 0 Å². The van der Waals surface area contributed by atoms with Gasteiger partial charge >= 0.3 is 0 Å². The maximum absolute atomic E-state index is 8.83. The van der Waals surface area contributed by atoms with Crippen molar-refractivity contribution in [3.8, 4) is 11.5 Å². The van der Waals surface area contributed by atoms with Gasteiger partial charge in [0.05, 0.1) is 20.3 Å². The molecule has 1 rings (SSSR count). The highest BCUT2D eigenvalue weighted by atomic mass is 16.5. The average Bonchev–Trinajstić information content (AvgIpc) is 2.27. The Labute approximate surface area is 83.4 Å². The fourth-order valence-electron chi connectivity index (χ4n) is 1.25. The maximum Gasteiger partial charge on any atom is 0.123 e. The van der Waals surface area contributed by atoms with Gasteiger partial charge < -0.3 is 14.7 Å². The summed E-state index contributed by atoms with van der Waals surface area (Å²) in [7, 11) is 3.19. The van der Waals surface area contributed by atoms with Gasteiger partial charge in [0, 0.05) is 5.56 Å². The van der Waals surface area contributed by atoms with E-state index in [1.54, 1.807) is 14.2 Å². The van der Waals surface area contributed by atoms with Gasteiger partial charge in [0.15, 0.2) is 0 Å². The highest BCUT2D eigenvalue weighted by molar-refractivity contribution is 5.41. The van der Waals surface area contributed by atoms with Gasteiger partial charge in [-0.3, -0.25) is 0 Å². The van der Waals surface area contributed by atoms with Crippen molar-refractivity contribution in [3.63, 3.8) is 0 Å². The number of methoxy groups -OCH3 is 2. The van der Waals surface area contributed by atoms with Crippen LogP contribution in [0.15, 0.2) is 18.2 Å². The number of benzene rings is 1. The summed E-state index contributed by atoms with van der Waals surface area (Å²) in [5.74, 6) is 1.46. The normalized spacial score (nSPS) is 12.3. The Kier molecular flexibility index (Phi) is 3.73. The van der Waals surface area contributed by atoms with Crippen LogP contribution in [0.5, 0.6) is 11.5 Å². The second kappa shape index (κ2) is 4.83. The number of rotatable bonds is 4. The molecule has 0 saturated heterocycles. The summed E-state index contributed by atoms with van der Waals surface area (Å²) in [6, 6.07) is 5.25. The lowest BCUT2D eigenvalue weighted by atomic mass is 10.1. The lowest BCUT2D eigenvalue weighted by Crippen LogP contribution is -2.14. The van der Waals surface area contributed by atoms with E-state index in [1.165, 1.54) is 0 Å². The van der Waals surface area contributed by atoms with E-state index in [0.717, 1.165) is 17.1 Å². The summed E-state index contributed by atoms with van der Waals surface area (Å²) in [6.07, 6.45) is 0. The average molecular weight is 197 g/mol. The van der Waals surface area contributed by atoms with Crippen LogP contribution in [0.1, 0.15) is 18.5 Å². The summed E-state index contributed by atoms with van der Waals surface area (Å²) >= 11 is 0. The Morgan fingerprint density at radius 1 is 1.29 bits per heavy atom. The third-order valence-electron chi connectivity index (χ3n) is 2.10. The quantitative estimate of drug-likeness (QED) is 0.722. The third-order valence-corrected chi connectivity index (χ3v) is 2.10. The Bertz CT molecular complexity index is 301. The molecule has 78 valence electrons. The van der Waals surface area contributed by atoms with Crippen LogP contribution in [-0.4, -0.2) is 19.4 Å². The van der Waals surface area contributed by atoms with Gasteiger partial charge in [-0.05, 0) is 25.1 Å². The first-order valence-electron chi connectivity index (χ1n) is 4.34. The van der Waals surface area contributed by atoms with Gasteiger partial charge in [-0.25, -0.2) is 0 Å². The second-order valence-corrected chi connectivity index (χ2v) is 2.96. The Balaban J connectivity index is 3.08. The van der Waals surface area contributed by atoms with Crippen LogP contribution in [0, 0.1) is 0 Å². The van der Waals surface area contributed by atoms with E-state index in [0.29, 0.717) is 0 Å². The van der Waals surface area contributed by atoms with Crippen LogP contribution in [0.25, 0.3) is 0 Å². The van der Waals surface area contributed by atoms with Crippen molar-refractivity contribution in [2.24, 2.45) is 0 Å². The van der Waals surface area contributed by atoms with Crippen LogP contribution < -0.4 is 15.0 Å². The highest BCUT2D eigenvalue weighted by Gasteiger charge is 2.11. The van der Waals surface area contributed by atoms with Crippen molar-refractivity contribution in [2.75, 3.05) is 14.2 Å². The number of ether oxygens (including phenoxy) is 2. The fraction of sp³-hybridized carbons (Fsp3) is 0.400. The molecule has 0 amide bonds. The molecule has 0 radical (unpaired) electrons. The molecule has 0 aromatic heterocycles. The summed E-state index contributed by atoms with van der Waals surface area (Å²) in [6.45, 7) is 1.83. The Morgan fingerprint density at radius 3 is 2.50 bits per heavy atom. The molecule has 2 N–H and O–H groups in total. The lowest BCUT2D eigenvalue weighted by molar-refractivity contribution is 0.132. The van der Waals surface area contributed by atoms with E-state index in [9.17, 15) is 0 Å². The van der Waals surface area contributed by atoms with E-state index < -0.39 is 0 Å². The molecule has 4 heteroatoms. The van der Waals surface area contributed by atoms with Crippen molar-refractivity contribution in [1.82, 2.24) is 5.48 Å². The molecule has 0 saturated carbocycles. The first-order valence-corrected chi connectivity index (χ1v) is 4.34. The molecule has 0 spiro atoms. The number of nitrogens with one attached hydrogen (secondary N) is 1. The molecule has 0 aliphatic heterocycles. The predicted molar refractivity (Wildman–Crippen MR) is 52.9 cm³/mol. The molecule has 4 nitrogen and oxygen atoms in total.